The molecule has 0 bridgehead atoms. The summed E-state index contributed by atoms with van der Waals surface area (Å²) in [6.45, 7) is 11.3. The van der Waals surface area contributed by atoms with E-state index >= 15 is 0 Å². The standard InChI is InChI=1S/C24H21F3N4O3S2.C2H6/c1-5-30(23-29-18(13-36-23)24(25,26)27)21(32)19-16(28-22-31(19)11-12-35-22)10-9-15-7-6-8-17(33-4)20(15)34-14(2)3;1-2/h6-13H,2,5H2,1,3-4H3;1-2H3/b10-9+;. The Hall–Kier alpha value is -3.64. The molecular weight excluding hydrogens is 537 g/mol. The highest BCUT2D eigenvalue weighted by atomic mass is 32.1. The van der Waals surface area contributed by atoms with Gasteiger partial charge in [-0.15, -0.1) is 22.7 Å². The lowest BCUT2D eigenvalue weighted by molar-refractivity contribution is -0.140. The van der Waals surface area contributed by atoms with Gasteiger partial charge in [0.1, 0.15) is 5.69 Å². The van der Waals surface area contributed by atoms with Crippen LogP contribution in [-0.4, -0.2) is 33.9 Å². The molecule has 3 aromatic heterocycles. The molecule has 4 rings (SSSR count). The third kappa shape index (κ3) is 6.08. The number of halogens is 3. The molecule has 202 valence electrons. The number of rotatable bonds is 8. The summed E-state index contributed by atoms with van der Waals surface area (Å²) < 4.78 is 52.0. The Bertz CT molecular complexity index is 1450. The monoisotopic (exact) mass is 564 g/mol. The number of fused-ring (bicyclic) bond motifs is 1. The van der Waals surface area contributed by atoms with Crippen molar-refractivity contribution in [2.45, 2.75) is 33.9 Å². The summed E-state index contributed by atoms with van der Waals surface area (Å²) in [5, 5.41) is 2.63. The molecule has 0 fully saturated rings. The lowest BCUT2D eigenvalue weighted by atomic mass is 10.1. The molecule has 0 aliphatic heterocycles. The Balaban J connectivity index is 0.00000195. The Morgan fingerprint density at radius 1 is 1.21 bits per heavy atom. The number of imidazole rings is 1. The van der Waals surface area contributed by atoms with Crippen molar-refractivity contribution in [1.29, 1.82) is 0 Å². The molecular formula is C26H27F3N4O3S2. The Morgan fingerprint density at radius 3 is 2.55 bits per heavy atom. The van der Waals surface area contributed by atoms with Gasteiger partial charge in [-0.3, -0.25) is 14.1 Å². The van der Waals surface area contributed by atoms with E-state index in [1.165, 1.54) is 23.3 Å². The molecule has 0 radical (unpaired) electrons. The largest absolute Gasteiger partial charge is 0.493 e. The Morgan fingerprint density at radius 2 is 1.95 bits per heavy atom. The van der Waals surface area contributed by atoms with E-state index in [4.69, 9.17) is 9.47 Å². The van der Waals surface area contributed by atoms with Crippen LogP contribution in [0, 0.1) is 0 Å². The van der Waals surface area contributed by atoms with Crippen LogP contribution in [0.2, 0.25) is 0 Å². The first-order valence-corrected chi connectivity index (χ1v) is 13.4. The number of alkyl halides is 3. The maximum atomic E-state index is 13.6. The van der Waals surface area contributed by atoms with Crippen LogP contribution in [0.4, 0.5) is 18.3 Å². The number of methoxy groups -OCH3 is 1. The first-order valence-electron chi connectivity index (χ1n) is 11.6. The van der Waals surface area contributed by atoms with Gasteiger partial charge >= 0.3 is 6.18 Å². The van der Waals surface area contributed by atoms with Gasteiger partial charge in [-0.2, -0.15) is 13.2 Å². The number of nitrogens with zero attached hydrogens (tertiary/aromatic N) is 4. The summed E-state index contributed by atoms with van der Waals surface area (Å²) >= 11 is 2.09. The van der Waals surface area contributed by atoms with Crippen molar-refractivity contribution in [2.24, 2.45) is 0 Å². The molecule has 0 unspecified atom stereocenters. The highest BCUT2D eigenvalue weighted by molar-refractivity contribution is 7.15. The number of thiazole rings is 2. The van der Waals surface area contributed by atoms with E-state index < -0.39 is 17.8 Å². The van der Waals surface area contributed by atoms with Gasteiger partial charge in [0.15, 0.2) is 27.3 Å². The summed E-state index contributed by atoms with van der Waals surface area (Å²) in [6.07, 6.45) is 0.480. The van der Waals surface area contributed by atoms with E-state index in [0.717, 1.165) is 16.7 Å². The van der Waals surface area contributed by atoms with Crippen LogP contribution in [0.25, 0.3) is 17.1 Å². The van der Waals surface area contributed by atoms with Crippen LogP contribution in [0.5, 0.6) is 11.5 Å². The smallest absolute Gasteiger partial charge is 0.434 e. The quantitative estimate of drug-likeness (QED) is 0.206. The number of carbonyl (C=O) groups excluding carboxylic acids is 1. The first kappa shape index (κ1) is 28.9. The van der Waals surface area contributed by atoms with Gasteiger partial charge in [-0.1, -0.05) is 32.6 Å². The van der Waals surface area contributed by atoms with E-state index in [2.05, 4.69) is 16.5 Å². The predicted octanol–water partition coefficient (Wildman–Crippen LogP) is 7.66. The number of ether oxygens (including phenoxy) is 2. The van der Waals surface area contributed by atoms with Crippen molar-refractivity contribution in [1.82, 2.24) is 14.4 Å². The summed E-state index contributed by atoms with van der Waals surface area (Å²) in [4.78, 5) is 23.6. The number of hydrogen-bond acceptors (Lipinski definition) is 7. The van der Waals surface area contributed by atoms with Crippen molar-refractivity contribution in [2.75, 3.05) is 18.6 Å². The van der Waals surface area contributed by atoms with Crippen LogP contribution < -0.4 is 14.4 Å². The number of allylic oxidation sites excluding steroid dienone is 1. The average molecular weight is 565 g/mol. The van der Waals surface area contributed by atoms with Crippen molar-refractivity contribution >= 4 is 50.8 Å². The third-order valence-corrected chi connectivity index (χ3v) is 6.61. The zero-order chi connectivity index (χ0) is 28.0. The highest BCUT2D eigenvalue weighted by Gasteiger charge is 2.35. The molecule has 4 aromatic rings. The molecule has 7 nitrogen and oxygen atoms in total. The Labute approximate surface area is 226 Å². The van der Waals surface area contributed by atoms with E-state index in [1.807, 2.05) is 19.9 Å². The predicted molar refractivity (Wildman–Crippen MR) is 146 cm³/mol. The first-order chi connectivity index (χ1) is 18.1. The van der Waals surface area contributed by atoms with Crippen molar-refractivity contribution in [3.8, 4) is 11.5 Å². The van der Waals surface area contributed by atoms with Crippen molar-refractivity contribution in [3.05, 3.63) is 70.1 Å². The van der Waals surface area contributed by atoms with Crippen LogP contribution in [0.1, 0.15) is 55.1 Å². The third-order valence-electron chi connectivity index (χ3n) is 4.99. The fourth-order valence-electron chi connectivity index (χ4n) is 3.42. The lowest BCUT2D eigenvalue weighted by Gasteiger charge is -2.17. The molecule has 1 aromatic carbocycles. The van der Waals surface area contributed by atoms with Gasteiger partial charge in [0, 0.05) is 29.1 Å². The molecule has 0 saturated heterocycles. The SMILES string of the molecule is C=C(C)Oc1c(/C=C/c2nc3sccn3c2C(=O)N(CC)c2nc(C(F)(F)F)cs2)cccc1OC.CC. The number of anilines is 1. The van der Waals surface area contributed by atoms with E-state index in [-0.39, 0.29) is 17.4 Å². The minimum atomic E-state index is -4.59. The molecule has 38 heavy (non-hydrogen) atoms. The number of aromatic nitrogens is 3. The minimum Gasteiger partial charge on any atom is -0.493 e. The van der Waals surface area contributed by atoms with Gasteiger partial charge in [0.05, 0.1) is 18.6 Å². The van der Waals surface area contributed by atoms with Crippen LogP contribution >= 0.6 is 22.7 Å². The summed E-state index contributed by atoms with van der Waals surface area (Å²) in [7, 11) is 1.52. The maximum Gasteiger partial charge on any atom is 0.434 e. The van der Waals surface area contributed by atoms with Crippen LogP contribution in [0.3, 0.4) is 0 Å². The number of hydrogen-bond donors (Lipinski definition) is 0. The normalized spacial score (nSPS) is 11.4. The molecule has 0 atom stereocenters. The van der Waals surface area contributed by atoms with E-state index in [1.54, 1.807) is 54.1 Å². The minimum absolute atomic E-state index is 0.0418. The van der Waals surface area contributed by atoms with Crippen molar-refractivity contribution < 1.29 is 27.4 Å². The van der Waals surface area contributed by atoms with E-state index in [0.29, 0.717) is 33.5 Å². The highest BCUT2D eigenvalue weighted by Crippen LogP contribution is 2.35. The summed E-state index contributed by atoms with van der Waals surface area (Å²) in [6, 6.07) is 5.35. The second kappa shape index (κ2) is 12.3. The van der Waals surface area contributed by atoms with E-state index in [9.17, 15) is 18.0 Å². The number of benzene rings is 1. The summed E-state index contributed by atoms with van der Waals surface area (Å²) in [5.74, 6) is 0.905. The molecule has 3 heterocycles. The van der Waals surface area contributed by atoms with Crippen LogP contribution in [0.15, 0.2) is 47.5 Å². The molecule has 0 saturated carbocycles. The zero-order valence-electron chi connectivity index (χ0n) is 21.5. The molecule has 1 amide bonds. The molecule has 12 heteroatoms. The molecule has 0 aliphatic carbocycles. The molecule has 0 spiro atoms. The van der Waals surface area contributed by atoms with Gasteiger partial charge in [0.25, 0.3) is 5.91 Å². The second-order valence-corrected chi connectivity index (χ2v) is 9.19. The average Bonchev–Trinajstić information content (AvgIpc) is 3.61. The number of para-hydroxylation sites is 1. The molecule has 0 aliphatic rings. The van der Waals surface area contributed by atoms with Crippen LogP contribution in [-0.2, 0) is 6.18 Å². The zero-order valence-corrected chi connectivity index (χ0v) is 23.1. The van der Waals surface area contributed by atoms with Gasteiger partial charge in [0.2, 0.25) is 0 Å². The topological polar surface area (TPSA) is 69.0 Å². The summed E-state index contributed by atoms with van der Waals surface area (Å²) in [5.41, 5.74) is 0.181. The van der Waals surface area contributed by atoms with Crippen molar-refractivity contribution in [3.63, 3.8) is 0 Å². The Kier molecular flexibility index (Phi) is 9.34. The second-order valence-electron chi connectivity index (χ2n) is 7.48. The maximum absolute atomic E-state index is 13.6. The lowest BCUT2D eigenvalue weighted by Crippen LogP contribution is -2.32. The van der Waals surface area contributed by atoms with Gasteiger partial charge < -0.3 is 9.47 Å². The van der Waals surface area contributed by atoms with Gasteiger partial charge in [-0.25, -0.2) is 9.97 Å². The van der Waals surface area contributed by atoms with Gasteiger partial charge in [-0.05, 0) is 32.1 Å². The molecule has 0 N–H and O–H groups in total. The number of carbonyl (C=O) groups is 1. The fourth-order valence-corrected chi connectivity index (χ4v) is 5.03. The number of amides is 1. The fraction of sp³-hybridized carbons (Fsp3) is 0.269.